The Hall–Kier alpha value is -7.65. The zero-order valence-electron chi connectivity index (χ0n) is 37.9. The number of nitrogens with one attached hydrogen (secondary N) is 5. The van der Waals surface area contributed by atoms with Crippen LogP contribution in [-0.4, -0.2) is 105 Å². The number of benzene rings is 3. The maximum atomic E-state index is 13.7. The van der Waals surface area contributed by atoms with Gasteiger partial charge in [0.05, 0.1) is 36.4 Å². The third kappa shape index (κ3) is 10.8. The van der Waals surface area contributed by atoms with E-state index in [-0.39, 0.29) is 61.4 Å². The molecule has 8 aromatic rings. The topological polar surface area (TPSA) is 218 Å². The third-order valence-corrected chi connectivity index (χ3v) is 13.8. The van der Waals surface area contributed by atoms with Crippen LogP contribution in [0.3, 0.4) is 0 Å². The highest BCUT2D eigenvalue weighted by Crippen LogP contribution is 2.31. The number of fused-ring (bicyclic) bond motifs is 3. The number of piperazine rings is 1. The smallest absolute Gasteiger partial charge is 0.301 e. The third-order valence-electron chi connectivity index (χ3n) is 12.1. The van der Waals surface area contributed by atoms with Crippen molar-refractivity contribution < 1.29 is 19.1 Å². The van der Waals surface area contributed by atoms with Crippen LogP contribution in [0.25, 0.3) is 38.7 Å². The number of ether oxygens (including phenoxy) is 1. The summed E-state index contributed by atoms with van der Waals surface area (Å²) in [6, 6.07) is 32.5. The molecular formula is C50H49N13O5S2. The number of amides is 3. The fourth-order valence-corrected chi connectivity index (χ4v) is 10.1. The Balaban J connectivity index is 0.639. The quantitative estimate of drug-likeness (QED) is 0.0429. The molecule has 2 aliphatic rings. The fourth-order valence-electron chi connectivity index (χ4n) is 8.61. The number of carbonyl (C=O) groups excluding carboxylic acids is 3. The lowest BCUT2D eigenvalue weighted by Crippen LogP contribution is -2.51. The number of thiazole rings is 2. The number of pyridine rings is 1. The SMILES string of the molecule is O=C(Cn1ccc2cc(C(=O)NCCc3ccc(N4C[C@H]5CC[C@@H](C4)N5)cc3)cnc21)NCCOCCNC(=O)c1cnc(N=Nc2c(-c3ccccc3)[nH]n(-c3nc(-c4ccccc4)cs3)c2=O)s1. The zero-order valence-corrected chi connectivity index (χ0v) is 39.5. The molecule has 2 bridgehead atoms. The Bertz CT molecular complexity index is 3190. The Morgan fingerprint density at radius 1 is 0.800 bits per heavy atom. The fraction of sp³-hybridized carbons (Fsp3) is 0.260. The molecule has 0 saturated carbocycles. The summed E-state index contributed by atoms with van der Waals surface area (Å²) < 4.78 is 8.72. The van der Waals surface area contributed by atoms with Crippen LogP contribution in [0.5, 0.6) is 0 Å². The number of aromatic nitrogens is 6. The first kappa shape index (κ1) is 46.1. The summed E-state index contributed by atoms with van der Waals surface area (Å²) in [7, 11) is 0. The molecule has 18 nitrogen and oxygen atoms in total. The van der Waals surface area contributed by atoms with Gasteiger partial charge in [-0.25, -0.2) is 15.0 Å². The number of nitrogens with zero attached hydrogens (tertiary/aromatic N) is 8. The van der Waals surface area contributed by atoms with E-state index < -0.39 is 5.56 Å². The monoisotopic (exact) mass is 975 g/mol. The molecule has 5 aromatic heterocycles. The Morgan fingerprint density at radius 3 is 2.30 bits per heavy atom. The van der Waals surface area contributed by atoms with Crippen molar-refractivity contribution in [2.75, 3.05) is 50.8 Å². The highest BCUT2D eigenvalue weighted by molar-refractivity contribution is 7.17. The van der Waals surface area contributed by atoms with Crippen LogP contribution >= 0.6 is 22.7 Å². The Kier molecular flexibility index (Phi) is 14.0. The van der Waals surface area contributed by atoms with E-state index in [1.807, 2.05) is 72.1 Å². The number of aromatic amines is 1. The van der Waals surface area contributed by atoms with Crippen molar-refractivity contribution in [1.82, 2.24) is 50.6 Å². The molecule has 0 spiro atoms. The van der Waals surface area contributed by atoms with Crippen LogP contribution < -0.4 is 31.7 Å². The molecule has 70 heavy (non-hydrogen) atoms. The predicted octanol–water partition coefficient (Wildman–Crippen LogP) is 6.65. The van der Waals surface area contributed by atoms with Crippen LogP contribution in [0.1, 0.15) is 38.4 Å². The number of anilines is 1. The first-order valence-corrected chi connectivity index (χ1v) is 24.8. The van der Waals surface area contributed by atoms with Crippen molar-refractivity contribution in [3.63, 3.8) is 0 Å². The van der Waals surface area contributed by atoms with Gasteiger partial charge in [-0.05, 0) is 49.1 Å². The van der Waals surface area contributed by atoms with Crippen molar-refractivity contribution in [2.45, 2.75) is 37.9 Å². The van der Waals surface area contributed by atoms with Crippen LogP contribution in [0.2, 0.25) is 0 Å². The molecule has 20 heteroatoms. The number of carbonyl (C=O) groups is 3. The Labute approximate surface area is 409 Å². The van der Waals surface area contributed by atoms with E-state index in [2.05, 4.69) is 80.7 Å². The van der Waals surface area contributed by atoms with Gasteiger partial charge < -0.3 is 35.5 Å². The maximum Gasteiger partial charge on any atom is 0.301 e. The van der Waals surface area contributed by atoms with E-state index in [1.165, 1.54) is 52.5 Å². The summed E-state index contributed by atoms with van der Waals surface area (Å²) in [5.41, 5.74) is 5.98. The lowest BCUT2D eigenvalue weighted by Gasteiger charge is -2.34. The summed E-state index contributed by atoms with van der Waals surface area (Å²) in [5, 5.41) is 27.3. The van der Waals surface area contributed by atoms with Gasteiger partial charge in [0.2, 0.25) is 16.2 Å². The van der Waals surface area contributed by atoms with E-state index in [9.17, 15) is 19.2 Å². The van der Waals surface area contributed by atoms with Gasteiger partial charge in [-0.15, -0.1) is 21.6 Å². The molecule has 7 heterocycles. The summed E-state index contributed by atoms with van der Waals surface area (Å²) in [4.78, 5) is 68.6. The summed E-state index contributed by atoms with van der Waals surface area (Å²) in [5.74, 6) is -0.785. The molecule has 3 amide bonds. The molecule has 2 aliphatic heterocycles. The first-order valence-electron chi connectivity index (χ1n) is 23.1. The average Bonchev–Trinajstić information content (AvgIpc) is 4.26. The summed E-state index contributed by atoms with van der Waals surface area (Å²) >= 11 is 2.35. The van der Waals surface area contributed by atoms with Crippen LogP contribution in [0, 0.1) is 0 Å². The molecule has 2 atom stereocenters. The molecule has 3 aromatic carbocycles. The van der Waals surface area contributed by atoms with Crippen LogP contribution in [0.15, 0.2) is 136 Å². The molecule has 0 unspecified atom stereocenters. The molecule has 356 valence electrons. The normalized spacial score (nSPS) is 15.5. The van der Waals surface area contributed by atoms with Gasteiger partial charge in [0, 0.05) is 84.8 Å². The van der Waals surface area contributed by atoms with E-state index in [1.54, 1.807) is 16.8 Å². The minimum Gasteiger partial charge on any atom is -0.378 e. The second-order valence-electron chi connectivity index (χ2n) is 16.9. The minimum absolute atomic E-state index is 0.0448. The van der Waals surface area contributed by atoms with Gasteiger partial charge in [0.15, 0.2) is 5.69 Å². The molecule has 0 aliphatic carbocycles. The first-order chi connectivity index (χ1) is 34.3. The molecular weight excluding hydrogens is 927 g/mol. The second-order valence-corrected chi connectivity index (χ2v) is 18.8. The predicted molar refractivity (Wildman–Crippen MR) is 270 cm³/mol. The highest BCUT2D eigenvalue weighted by Gasteiger charge is 2.32. The second kappa shape index (κ2) is 21.3. The molecule has 0 radical (unpaired) electrons. The summed E-state index contributed by atoms with van der Waals surface area (Å²) in [6.45, 7) is 3.59. The Morgan fingerprint density at radius 2 is 1.53 bits per heavy atom. The van der Waals surface area contributed by atoms with Gasteiger partial charge in [-0.3, -0.25) is 24.3 Å². The largest absolute Gasteiger partial charge is 0.378 e. The van der Waals surface area contributed by atoms with Crippen molar-refractivity contribution in [3.05, 3.63) is 147 Å². The van der Waals surface area contributed by atoms with E-state index >= 15 is 0 Å². The van der Waals surface area contributed by atoms with E-state index in [0.717, 1.165) is 53.1 Å². The summed E-state index contributed by atoms with van der Waals surface area (Å²) in [6.07, 6.45) is 7.93. The average molecular weight is 976 g/mol. The van der Waals surface area contributed by atoms with Crippen molar-refractivity contribution in [1.29, 1.82) is 0 Å². The van der Waals surface area contributed by atoms with Gasteiger partial charge in [0.25, 0.3) is 11.8 Å². The van der Waals surface area contributed by atoms with Crippen molar-refractivity contribution >= 4 is 67.9 Å². The molecule has 5 N–H and O–H groups in total. The zero-order chi connectivity index (χ0) is 47.8. The number of rotatable bonds is 19. The van der Waals surface area contributed by atoms with Crippen molar-refractivity contribution in [2.24, 2.45) is 10.2 Å². The van der Waals surface area contributed by atoms with E-state index in [4.69, 9.17) is 4.74 Å². The number of hydrogen-bond donors (Lipinski definition) is 5. The van der Waals surface area contributed by atoms with Gasteiger partial charge in [-0.2, -0.15) is 4.68 Å². The van der Waals surface area contributed by atoms with Gasteiger partial charge >= 0.3 is 5.56 Å². The number of azo groups is 1. The number of H-pyrrole nitrogens is 1. The lowest BCUT2D eigenvalue weighted by atomic mass is 10.1. The molecule has 2 saturated heterocycles. The molecule has 10 rings (SSSR count). The standard InChI is InChI=1S/C50H49N13O5S2/c64-42(30-61-22-18-35-25-36(26-54-45(35)61)46(65)52-19-17-32-11-15-39(16-12-32)62-28-37-13-14-38(29-62)56-37)51-20-23-68-24-21-53-47(66)41-27-55-49(70-41)59-58-44-43(34-9-5-2-6-10-34)60-63(48(44)67)50-57-40(31-69-50)33-7-3-1-4-8-33/h1-12,15-16,18,22,25-27,31,37-38,56,60H,13-14,17,19-21,23-24,28-30H2,(H,51,64)(H,52,65)(H,53,66)/t37-,38+. The molecule has 2 fully saturated rings. The van der Waals surface area contributed by atoms with E-state index in [0.29, 0.717) is 45.5 Å². The highest BCUT2D eigenvalue weighted by atomic mass is 32.1. The lowest BCUT2D eigenvalue weighted by molar-refractivity contribution is -0.121. The van der Waals surface area contributed by atoms with Gasteiger partial charge in [0.1, 0.15) is 17.1 Å². The maximum absolute atomic E-state index is 13.7. The number of hydrogen-bond acceptors (Lipinski definition) is 14. The van der Waals surface area contributed by atoms with Crippen molar-refractivity contribution in [3.8, 4) is 27.6 Å². The van der Waals surface area contributed by atoms with Crippen LogP contribution in [-0.2, 0) is 22.5 Å². The van der Waals surface area contributed by atoms with Crippen LogP contribution in [0.4, 0.5) is 16.5 Å². The minimum atomic E-state index is -0.435. The van der Waals surface area contributed by atoms with Gasteiger partial charge in [-0.1, -0.05) is 84.1 Å².